The van der Waals surface area contributed by atoms with Crippen LogP contribution in [0.3, 0.4) is 0 Å². The van der Waals surface area contributed by atoms with Crippen molar-refractivity contribution in [2.24, 2.45) is 11.7 Å². The number of likely N-dealkylation sites (tertiary alicyclic amines) is 1. The zero-order valence-electron chi connectivity index (χ0n) is 10.2. The van der Waals surface area contributed by atoms with Crippen molar-refractivity contribution in [3.05, 3.63) is 0 Å². The van der Waals surface area contributed by atoms with E-state index in [1.807, 2.05) is 0 Å². The van der Waals surface area contributed by atoms with E-state index in [9.17, 15) is 5.11 Å². The maximum atomic E-state index is 9.42. The summed E-state index contributed by atoms with van der Waals surface area (Å²) in [6.45, 7) is 7.58. The summed E-state index contributed by atoms with van der Waals surface area (Å²) < 4.78 is 0. The molecule has 0 saturated carbocycles. The van der Waals surface area contributed by atoms with Crippen LogP contribution in [-0.4, -0.2) is 41.8 Å². The second kappa shape index (κ2) is 5.83. The molecule has 3 N–H and O–H groups in total. The van der Waals surface area contributed by atoms with E-state index in [-0.39, 0.29) is 18.1 Å². The summed E-state index contributed by atoms with van der Waals surface area (Å²) in [5.41, 5.74) is 5.85. The molecule has 0 bridgehead atoms. The van der Waals surface area contributed by atoms with Crippen molar-refractivity contribution in [3.63, 3.8) is 0 Å². The maximum Gasteiger partial charge on any atom is 0.0489 e. The Morgan fingerprint density at radius 3 is 2.33 bits per heavy atom. The standard InChI is InChI=1S/C12H26N2O/c1-3-12(2,11(9-13)10-15)14-7-5-4-6-8-14/h11,15H,3-10,13H2,1-2H3/t11-,12+/m0/s1. The Morgan fingerprint density at radius 2 is 1.93 bits per heavy atom. The largest absolute Gasteiger partial charge is 0.396 e. The summed E-state index contributed by atoms with van der Waals surface area (Å²) in [6.07, 6.45) is 4.99. The van der Waals surface area contributed by atoms with Gasteiger partial charge in [-0.05, 0) is 45.8 Å². The van der Waals surface area contributed by atoms with Crippen molar-refractivity contribution in [2.45, 2.75) is 45.1 Å². The van der Waals surface area contributed by atoms with Gasteiger partial charge in [0.1, 0.15) is 0 Å². The highest BCUT2D eigenvalue weighted by Crippen LogP contribution is 2.30. The van der Waals surface area contributed by atoms with Crippen LogP contribution in [0.2, 0.25) is 0 Å². The van der Waals surface area contributed by atoms with E-state index in [4.69, 9.17) is 5.73 Å². The minimum atomic E-state index is 0.0872. The third-order valence-electron chi connectivity index (χ3n) is 4.18. The normalized spacial score (nSPS) is 24.8. The molecule has 0 aromatic rings. The fourth-order valence-corrected chi connectivity index (χ4v) is 2.70. The molecule has 3 heteroatoms. The topological polar surface area (TPSA) is 49.5 Å². The third kappa shape index (κ3) is 2.71. The van der Waals surface area contributed by atoms with E-state index in [1.54, 1.807) is 0 Å². The van der Waals surface area contributed by atoms with Crippen LogP contribution in [0, 0.1) is 5.92 Å². The minimum Gasteiger partial charge on any atom is -0.396 e. The summed E-state index contributed by atoms with van der Waals surface area (Å²) in [6, 6.07) is 0. The molecule has 1 heterocycles. The number of aliphatic hydroxyl groups is 1. The van der Waals surface area contributed by atoms with Crippen molar-refractivity contribution in [1.29, 1.82) is 0 Å². The molecule has 1 aliphatic heterocycles. The molecular weight excluding hydrogens is 188 g/mol. The Bertz CT molecular complexity index is 176. The molecule has 0 radical (unpaired) electrons. The van der Waals surface area contributed by atoms with Gasteiger partial charge in [-0.2, -0.15) is 0 Å². The molecule has 1 rings (SSSR count). The van der Waals surface area contributed by atoms with Crippen LogP contribution < -0.4 is 5.73 Å². The molecule has 2 atom stereocenters. The van der Waals surface area contributed by atoms with Gasteiger partial charge in [-0.3, -0.25) is 4.90 Å². The Balaban J connectivity index is 2.71. The number of aliphatic hydroxyl groups excluding tert-OH is 1. The Labute approximate surface area is 93.6 Å². The molecule has 1 aliphatic rings. The fourth-order valence-electron chi connectivity index (χ4n) is 2.70. The maximum absolute atomic E-state index is 9.42. The molecule has 0 spiro atoms. The first-order valence-electron chi connectivity index (χ1n) is 6.25. The van der Waals surface area contributed by atoms with Gasteiger partial charge in [0.2, 0.25) is 0 Å². The van der Waals surface area contributed by atoms with Crippen LogP contribution >= 0.6 is 0 Å². The number of rotatable bonds is 5. The van der Waals surface area contributed by atoms with Crippen LogP contribution in [0.15, 0.2) is 0 Å². The minimum absolute atomic E-state index is 0.0872. The van der Waals surface area contributed by atoms with E-state index in [2.05, 4.69) is 18.7 Å². The lowest BCUT2D eigenvalue weighted by molar-refractivity contribution is 0.00650. The van der Waals surface area contributed by atoms with Crippen molar-refractivity contribution in [2.75, 3.05) is 26.2 Å². The number of piperidine rings is 1. The Morgan fingerprint density at radius 1 is 1.33 bits per heavy atom. The Kier molecular flexibility index (Phi) is 5.03. The van der Waals surface area contributed by atoms with Gasteiger partial charge in [0.05, 0.1) is 0 Å². The molecule has 0 aromatic heterocycles. The quantitative estimate of drug-likeness (QED) is 0.723. The molecule has 15 heavy (non-hydrogen) atoms. The van der Waals surface area contributed by atoms with Gasteiger partial charge in [0.15, 0.2) is 0 Å². The molecular formula is C12H26N2O. The van der Waals surface area contributed by atoms with E-state index in [0.717, 1.165) is 6.42 Å². The van der Waals surface area contributed by atoms with E-state index in [0.29, 0.717) is 6.54 Å². The SMILES string of the molecule is CC[C@](C)([C@@H](CN)CO)N1CCCCC1. The lowest BCUT2D eigenvalue weighted by atomic mass is 9.81. The lowest BCUT2D eigenvalue weighted by Gasteiger charge is -2.47. The van der Waals surface area contributed by atoms with E-state index >= 15 is 0 Å². The molecule has 0 aliphatic carbocycles. The zero-order chi connectivity index (χ0) is 11.3. The third-order valence-corrected chi connectivity index (χ3v) is 4.18. The average Bonchev–Trinajstić information content (AvgIpc) is 2.31. The second-order valence-corrected chi connectivity index (χ2v) is 4.87. The van der Waals surface area contributed by atoms with Crippen LogP contribution in [-0.2, 0) is 0 Å². The van der Waals surface area contributed by atoms with Crippen molar-refractivity contribution >= 4 is 0 Å². The van der Waals surface area contributed by atoms with Gasteiger partial charge in [0, 0.05) is 18.1 Å². The molecule has 0 unspecified atom stereocenters. The molecule has 0 aromatic carbocycles. The predicted molar refractivity (Wildman–Crippen MR) is 63.8 cm³/mol. The van der Waals surface area contributed by atoms with Gasteiger partial charge < -0.3 is 10.8 Å². The molecule has 1 fully saturated rings. The fraction of sp³-hybridized carbons (Fsp3) is 1.00. The predicted octanol–water partition coefficient (Wildman–Crippen LogP) is 1.21. The Hall–Kier alpha value is -0.120. The number of nitrogens with zero attached hydrogens (tertiary/aromatic N) is 1. The first-order chi connectivity index (χ1) is 7.19. The van der Waals surface area contributed by atoms with E-state index < -0.39 is 0 Å². The molecule has 3 nitrogen and oxygen atoms in total. The van der Waals surface area contributed by atoms with Crippen molar-refractivity contribution in [3.8, 4) is 0 Å². The van der Waals surface area contributed by atoms with Gasteiger partial charge in [-0.15, -0.1) is 0 Å². The number of hydrogen-bond donors (Lipinski definition) is 2. The molecule has 90 valence electrons. The second-order valence-electron chi connectivity index (χ2n) is 4.87. The van der Waals surface area contributed by atoms with Crippen molar-refractivity contribution in [1.82, 2.24) is 4.90 Å². The van der Waals surface area contributed by atoms with Gasteiger partial charge in [-0.25, -0.2) is 0 Å². The summed E-state index contributed by atoms with van der Waals surface area (Å²) >= 11 is 0. The lowest BCUT2D eigenvalue weighted by Crippen LogP contribution is -2.56. The highest BCUT2D eigenvalue weighted by Gasteiger charge is 2.37. The molecule has 0 amide bonds. The first kappa shape index (κ1) is 12.9. The summed E-state index contributed by atoms with van der Waals surface area (Å²) in [5, 5.41) is 9.42. The summed E-state index contributed by atoms with van der Waals surface area (Å²) in [5.74, 6) is 0.209. The van der Waals surface area contributed by atoms with Crippen LogP contribution in [0.25, 0.3) is 0 Å². The van der Waals surface area contributed by atoms with Gasteiger partial charge >= 0.3 is 0 Å². The van der Waals surface area contributed by atoms with Crippen LogP contribution in [0.4, 0.5) is 0 Å². The smallest absolute Gasteiger partial charge is 0.0489 e. The summed E-state index contributed by atoms with van der Waals surface area (Å²) in [7, 11) is 0. The van der Waals surface area contributed by atoms with E-state index in [1.165, 1.54) is 32.4 Å². The highest BCUT2D eigenvalue weighted by atomic mass is 16.3. The average molecular weight is 214 g/mol. The van der Waals surface area contributed by atoms with Crippen LogP contribution in [0.5, 0.6) is 0 Å². The van der Waals surface area contributed by atoms with Gasteiger partial charge in [-0.1, -0.05) is 13.3 Å². The van der Waals surface area contributed by atoms with Crippen LogP contribution in [0.1, 0.15) is 39.5 Å². The summed E-state index contributed by atoms with van der Waals surface area (Å²) in [4.78, 5) is 2.53. The first-order valence-corrected chi connectivity index (χ1v) is 6.25. The van der Waals surface area contributed by atoms with Gasteiger partial charge in [0.25, 0.3) is 0 Å². The highest BCUT2D eigenvalue weighted by molar-refractivity contribution is 4.93. The monoisotopic (exact) mass is 214 g/mol. The number of nitrogens with two attached hydrogens (primary N) is 1. The van der Waals surface area contributed by atoms with Crippen molar-refractivity contribution < 1.29 is 5.11 Å². The number of hydrogen-bond acceptors (Lipinski definition) is 3. The molecule has 1 saturated heterocycles. The zero-order valence-corrected chi connectivity index (χ0v) is 10.2.